The van der Waals surface area contributed by atoms with Crippen molar-refractivity contribution in [3.63, 3.8) is 0 Å². The summed E-state index contributed by atoms with van der Waals surface area (Å²) in [6, 6.07) is 0. The molecular formula is C10H17ClN2OS. The van der Waals surface area contributed by atoms with Crippen LogP contribution in [0.25, 0.3) is 0 Å². The van der Waals surface area contributed by atoms with Gasteiger partial charge in [0, 0.05) is 11.9 Å². The summed E-state index contributed by atoms with van der Waals surface area (Å²) in [6.45, 7) is 6.84. The lowest BCUT2D eigenvalue weighted by atomic mass is 9.89. The van der Waals surface area contributed by atoms with Crippen molar-refractivity contribution in [3.8, 4) is 0 Å². The van der Waals surface area contributed by atoms with Crippen molar-refractivity contribution in [2.75, 3.05) is 11.9 Å². The molecule has 1 rings (SSSR count). The number of anilines is 1. The molecule has 2 N–H and O–H groups in total. The van der Waals surface area contributed by atoms with Gasteiger partial charge in [-0.25, -0.2) is 4.98 Å². The largest absolute Gasteiger partial charge is 0.391 e. The summed E-state index contributed by atoms with van der Waals surface area (Å²) in [7, 11) is 0. The van der Waals surface area contributed by atoms with Crippen LogP contribution in [-0.4, -0.2) is 22.7 Å². The summed E-state index contributed by atoms with van der Waals surface area (Å²) in [4.78, 5) is 4.04. The zero-order valence-electron chi connectivity index (χ0n) is 9.25. The van der Waals surface area contributed by atoms with Gasteiger partial charge in [-0.3, -0.25) is 0 Å². The second-order valence-corrected chi connectivity index (χ2v) is 6.02. The molecule has 0 bridgehead atoms. The van der Waals surface area contributed by atoms with Crippen LogP contribution in [0.3, 0.4) is 0 Å². The minimum atomic E-state index is -0.354. The molecule has 5 heteroatoms. The van der Waals surface area contributed by atoms with E-state index in [1.54, 1.807) is 5.38 Å². The fourth-order valence-electron chi connectivity index (χ4n) is 1.32. The molecule has 0 aromatic carbocycles. The second-order valence-electron chi connectivity index (χ2n) is 4.77. The van der Waals surface area contributed by atoms with E-state index in [0.717, 1.165) is 11.6 Å². The molecule has 0 saturated carbocycles. The molecule has 0 aliphatic carbocycles. The van der Waals surface area contributed by atoms with E-state index in [1.807, 2.05) is 0 Å². The number of aromatic nitrogens is 1. The van der Waals surface area contributed by atoms with Crippen molar-refractivity contribution in [2.45, 2.75) is 33.3 Å². The lowest BCUT2D eigenvalue weighted by Gasteiger charge is -2.22. The maximum atomic E-state index is 9.73. The van der Waals surface area contributed by atoms with E-state index in [4.69, 9.17) is 11.6 Å². The molecule has 86 valence electrons. The third kappa shape index (κ3) is 5.35. The SMILES string of the molecule is CC(C)(C)CC(O)CNc1nc(Cl)cs1. The number of hydrogen-bond donors (Lipinski definition) is 2. The molecular weight excluding hydrogens is 232 g/mol. The van der Waals surface area contributed by atoms with E-state index in [0.29, 0.717) is 11.7 Å². The number of aliphatic hydroxyl groups excluding tert-OH is 1. The van der Waals surface area contributed by atoms with Crippen molar-refractivity contribution >= 4 is 28.1 Å². The van der Waals surface area contributed by atoms with Gasteiger partial charge in [0.05, 0.1) is 6.10 Å². The minimum Gasteiger partial charge on any atom is -0.391 e. The van der Waals surface area contributed by atoms with Gasteiger partial charge in [0.1, 0.15) is 5.15 Å². The maximum Gasteiger partial charge on any atom is 0.184 e. The zero-order valence-corrected chi connectivity index (χ0v) is 10.8. The Bertz CT molecular complexity index is 309. The van der Waals surface area contributed by atoms with Crippen LogP contribution < -0.4 is 5.32 Å². The molecule has 0 spiro atoms. The van der Waals surface area contributed by atoms with Crippen LogP contribution in [-0.2, 0) is 0 Å². The number of thiazole rings is 1. The molecule has 1 heterocycles. The number of aliphatic hydroxyl groups is 1. The lowest BCUT2D eigenvalue weighted by molar-refractivity contribution is 0.132. The summed E-state index contributed by atoms with van der Waals surface area (Å²) in [5.41, 5.74) is 0.140. The van der Waals surface area contributed by atoms with Gasteiger partial charge in [-0.05, 0) is 11.8 Å². The Morgan fingerprint density at radius 1 is 1.60 bits per heavy atom. The fourth-order valence-corrected chi connectivity index (χ4v) is 2.17. The summed E-state index contributed by atoms with van der Waals surface area (Å²) < 4.78 is 0. The van der Waals surface area contributed by atoms with Crippen LogP contribution in [0, 0.1) is 5.41 Å². The van der Waals surface area contributed by atoms with Crippen LogP contribution in [0.15, 0.2) is 5.38 Å². The van der Waals surface area contributed by atoms with Gasteiger partial charge < -0.3 is 10.4 Å². The third-order valence-corrected chi connectivity index (χ3v) is 2.94. The molecule has 1 atom stereocenters. The highest BCUT2D eigenvalue weighted by Crippen LogP contribution is 2.22. The van der Waals surface area contributed by atoms with Gasteiger partial charge in [0.15, 0.2) is 5.13 Å². The maximum absolute atomic E-state index is 9.73. The molecule has 1 aromatic heterocycles. The first kappa shape index (κ1) is 12.7. The minimum absolute atomic E-state index is 0.140. The molecule has 0 aliphatic rings. The van der Waals surface area contributed by atoms with Crippen molar-refractivity contribution in [2.24, 2.45) is 5.41 Å². The summed E-state index contributed by atoms with van der Waals surface area (Å²) in [5, 5.41) is 15.8. The number of halogens is 1. The highest BCUT2D eigenvalue weighted by Gasteiger charge is 2.16. The Labute approximate surface area is 99.5 Å². The summed E-state index contributed by atoms with van der Waals surface area (Å²) >= 11 is 7.12. The third-order valence-electron chi connectivity index (χ3n) is 1.81. The Kier molecular flexibility index (Phi) is 4.37. The highest BCUT2D eigenvalue weighted by atomic mass is 35.5. The molecule has 0 fully saturated rings. The van der Waals surface area contributed by atoms with E-state index in [2.05, 4.69) is 31.1 Å². The first-order valence-electron chi connectivity index (χ1n) is 4.90. The monoisotopic (exact) mass is 248 g/mol. The van der Waals surface area contributed by atoms with Crippen LogP contribution in [0.4, 0.5) is 5.13 Å². The zero-order chi connectivity index (χ0) is 11.5. The number of hydrogen-bond acceptors (Lipinski definition) is 4. The van der Waals surface area contributed by atoms with E-state index in [1.165, 1.54) is 11.3 Å². The van der Waals surface area contributed by atoms with E-state index in [9.17, 15) is 5.11 Å². The van der Waals surface area contributed by atoms with E-state index >= 15 is 0 Å². The second kappa shape index (κ2) is 5.14. The number of nitrogens with zero attached hydrogens (tertiary/aromatic N) is 1. The molecule has 0 saturated heterocycles. The molecule has 1 aromatic rings. The van der Waals surface area contributed by atoms with Crippen molar-refractivity contribution in [1.29, 1.82) is 0 Å². The fraction of sp³-hybridized carbons (Fsp3) is 0.700. The van der Waals surface area contributed by atoms with Crippen molar-refractivity contribution in [3.05, 3.63) is 10.5 Å². The van der Waals surface area contributed by atoms with Crippen LogP contribution in [0.1, 0.15) is 27.2 Å². The van der Waals surface area contributed by atoms with Gasteiger partial charge in [-0.15, -0.1) is 11.3 Å². The molecule has 0 radical (unpaired) electrons. The Balaban J connectivity index is 2.31. The first-order chi connectivity index (χ1) is 6.87. The average molecular weight is 249 g/mol. The standard InChI is InChI=1S/C10H17ClN2OS/c1-10(2,3)4-7(14)5-12-9-13-8(11)6-15-9/h6-7,14H,4-5H2,1-3H3,(H,12,13). The van der Waals surface area contributed by atoms with Crippen LogP contribution in [0.2, 0.25) is 5.15 Å². The average Bonchev–Trinajstić information content (AvgIpc) is 2.45. The predicted octanol–water partition coefficient (Wildman–Crippen LogP) is 3.01. The predicted molar refractivity (Wildman–Crippen MR) is 65.7 cm³/mol. The highest BCUT2D eigenvalue weighted by molar-refractivity contribution is 7.14. The summed E-state index contributed by atoms with van der Waals surface area (Å²) in [6.07, 6.45) is 0.409. The Hall–Kier alpha value is -0.320. The van der Waals surface area contributed by atoms with E-state index < -0.39 is 0 Å². The Morgan fingerprint density at radius 3 is 2.73 bits per heavy atom. The number of rotatable bonds is 4. The van der Waals surface area contributed by atoms with Gasteiger partial charge >= 0.3 is 0 Å². The van der Waals surface area contributed by atoms with Gasteiger partial charge in [-0.2, -0.15) is 0 Å². The molecule has 15 heavy (non-hydrogen) atoms. The topological polar surface area (TPSA) is 45.1 Å². The van der Waals surface area contributed by atoms with Crippen LogP contribution in [0.5, 0.6) is 0 Å². The summed E-state index contributed by atoms with van der Waals surface area (Å²) in [5.74, 6) is 0. The normalized spacial score (nSPS) is 13.9. The molecule has 3 nitrogen and oxygen atoms in total. The molecule has 0 aliphatic heterocycles. The van der Waals surface area contributed by atoms with Gasteiger partial charge in [0.2, 0.25) is 0 Å². The quantitative estimate of drug-likeness (QED) is 0.861. The molecule has 0 amide bonds. The van der Waals surface area contributed by atoms with Crippen molar-refractivity contribution < 1.29 is 5.11 Å². The van der Waals surface area contributed by atoms with Gasteiger partial charge in [-0.1, -0.05) is 32.4 Å². The van der Waals surface area contributed by atoms with Gasteiger partial charge in [0.25, 0.3) is 0 Å². The van der Waals surface area contributed by atoms with E-state index in [-0.39, 0.29) is 11.5 Å². The first-order valence-corrected chi connectivity index (χ1v) is 6.15. The molecule has 1 unspecified atom stereocenters. The smallest absolute Gasteiger partial charge is 0.184 e. The lowest BCUT2D eigenvalue weighted by Crippen LogP contribution is -2.25. The Morgan fingerprint density at radius 2 is 2.27 bits per heavy atom. The van der Waals surface area contributed by atoms with Crippen molar-refractivity contribution in [1.82, 2.24) is 4.98 Å². The number of nitrogens with one attached hydrogen (secondary N) is 1. The van der Waals surface area contributed by atoms with Crippen LogP contribution >= 0.6 is 22.9 Å².